The zero-order valence-electron chi connectivity index (χ0n) is 29.4. The topological polar surface area (TPSA) is 25.8 Å². The van der Waals surface area contributed by atoms with E-state index in [0.29, 0.717) is 0 Å². The zero-order chi connectivity index (χ0) is 35.6. The molecule has 250 valence electrons. The standard InChI is InChI=1S/C52H32N2/c1-2-11-37(12-3-1)51-46-18-8-9-20-48(46)53-52(54-51)38-28-25-34(26-29-38)33-21-23-35(24-22-33)40-31-39-30-27-36-13-10-19-45-43-16-6-4-14-41(43)42-15-5-7-17-44(42)47(32-40)50(39)49(36)45/h1-32H. The van der Waals surface area contributed by atoms with E-state index in [1.54, 1.807) is 0 Å². The summed E-state index contributed by atoms with van der Waals surface area (Å²) in [7, 11) is 0. The molecule has 0 aliphatic heterocycles. The lowest BCUT2D eigenvalue weighted by Crippen LogP contribution is -1.95. The highest BCUT2D eigenvalue weighted by atomic mass is 14.9. The number of nitrogens with zero attached hydrogens (tertiary/aromatic N) is 2. The molecule has 2 nitrogen and oxygen atoms in total. The fraction of sp³-hybridized carbons (Fsp3) is 0. The van der Waals surface area contributed by atoms with Gasteiger partial charge in [-0.25, -0.2) is 9.97 Å². The van der Waals surface area contributed by atoms with Gasteiger partial charge in [-0.2, -0.15) is 0 Å². The van der Waals surface area contributed by atoms with E-state index in [-0.39, 0.29) is 0 Å². The minimum Gasteiger partial charge on any atom is -0.228 e. The van der Waals surface area contributed by atoms with Crippen LogP contribution in [0, 0.1) is 0 Å². The number of hydrogen-bond donors (Lipinski definition) is 0. The van der Waals surface area contributed by atoms with Crippen LogP contribution in [0.1, 0.15) is 0 Å². The van der Waals surface area contributed by atoms with Gasteiger partial charge < -0.3 is 0 Å². The van der Waals surface area contributed by atoms with Crippen molar-refractivity contribution in [2.24, 2.45) is 0 Å². The monoisotopic (exact) mass is 684 g/mol. The van der Waals surface area contributed by atoms with Crippen molar-refractivity contribution >= 4 is 64.8 Å². The molecule has 0 aliphatic rings. The van der Waals surface area contributed by atoms with E-state index in [2.05, 4.69) is 176 Å². The van der Waals surface area contributed by atoms with Crippen molar-refractivity contribution in [3.8, 4) is 44.9 Å². The van der Waals surface area contributed by atoms with Crippen molar-refractivity contribution in [1.82, 2.24) is 9.97 Å². The van der Waals surface area contributed by atoms with Gasteiger partial charge in [-0.3, -0.25) is 0 Å². The van der Waals surface area contributed by atoms with E-state index in [1.807, 2.05) is 18.2 Å². The molecule has 0 amide bonds. The van der Waals surface area contributed by atoms with Gasteiger partial charge in [0.1, 0.15) is 0 Å². The third-order valence-corrected chi connectivity index (χ3v) is 11.0. The van der Waals surface area contributed by atoms with Crippen molar-refractivity contribution in [3.05, 3.63) is 194 Å². The molecule has 0 aliphatic carbocycles. The molecule has 0 saturated heterocycles. The molecule has 1 heterocycles. The van der Waals surface area contributed by atoms with E-state index in [4.69, 9.17) is 9.97 Å². The molecule has 54 heavy (non-hydrogen) atoms. The minimum atomic E-state index is 0.728. The first-order valence-corrected chi connectivity index (χ1v) is 18.5. The second kappa shape index (κ2) is 12.2. The molecule has 11 aromatic rings. The van der Waals surface area contributed by atoms with Crippen molar-refractivity contribution < 1.29 is 0 Å². The molecule has 11 rings (SSSR count). The van der Waals surface area contributed by atoms with Crippen LogP contribution in [0.5, 0.6) is 0 Å². The molecular formula is C52H32N2. The maximum atomic E-state index is 5.07. The van der Waals surface area contributed by atoms with Crippen LogP contribution in [0.3, 0.4) is 0 Å². The summed E-state index contributed by atoms with van der Waals surface area (Å²) in [5, 5.41) is 13.9. The molecule has 0 unspecified atom stereocenters. The van der Waals surface area contributed by atoms with Crippen LogP contribution < -0.4 is 0 Å². The van der Waals surface area contributed by atoms with E-state index < -0.39 is 0 Å². The first kappa shape index (κ1) is 30.5. The molecule has 0 bridgehead atoms. The highest BCUT2D eigenvalue weighted by Gasteiger charge is 2.15. The number of rotatable bonds is 4. The van der Waals surface area contributed by atoms with Crippen LogP contribution in [0.2, 0.25) is 0 Å². The Balaban J connectivity index is 1.01. The molecule has 0 atom stereocenters. The van der Waals surface area contributed by atoms with Gasteiger partial charge >= 0.3 is 0 Å². The first-order valence-electron chi connectivity index (χ1n) is 18.5. The summed E-state index contributed by atoms with van der Waals surface area (Å²) in [6.07, 6.45) is 0. The van der Waals surface area contributed by atoms with Gasteiger partial charge in [0.25, 0.3) is 0 Å². The average molecular weight is 685 g/mol. The summed E-state index contributed by atoms with van der Waals surface area (Å²) < 4.78 is 0. The van der Waals surface area contributed by atoms with Crippen molar-refractivity contribution in [3.63, 3.8) is 0 Å². The average Bonchev–Trinajstić information content (AvgIpc) is 3.25. The Morgan fingerprint density at radius 3 is 1.44 bits per heavy atom. The Hall–Kier alpha value is -7.16. The van der Waals surface area contributed by atoms with Crippen LogP contribution in [-0.4, -0.2) is 9.97 Å². The summed E-state index contributed by atoms with van der Waals surface area (Å²) in [6.45, 7) is 0. The maximum Gasteiger partial charge on any atom is 0.160 e. The second-order valence-electron chi connectivity index (χ2n) is 14.1. The van der Waals surface area contributed by atoms with Gasteiger partial charge in [-0.1, -0.05) is 176 Å². The summed E-state index contributed by atoms with van der Waals surface area (Å²) in [5.74, 6) is 0.728. The van der Waals surface area contributed by atoms with Gasteiger partial charge in [-0.15, -0.1) is 0 Å². The lowest BCUT2D eigenvalue weighted by Gasteiger charge is -2.15. The van der Waals surface area contributed by atoms with Crippen molar-refractivity contribution in [2.45, 2.75) is 0 Å². The summed E-state index contributed by atoms with van der Waals surface area (Å²) in [5.41, 5.74) is 8.70. The number of benzene rings is 9. The third-order valence-electron chi connectivity index (χ3n) is 11.0. The number of aromatic nitrogens is 2. The Morgan fingerprint density at radius 1 is 0.259 bits per heavy atom. The van der Waals surface area contributed by atoms with E-state index in [1.165, 1.54) is 70.6 Å². The third kappa shape index (κ3) is 4.88. The Kier molecular flexibility index (Phi) is 6.90. The zero-order valence-corrected chi connectivity index (χ0v) is 29.4. The van der Waals surface area contributed by atoms with Gasteiger partial charge in [0.05, 0.1) is 11.2 Å². The van der Waals surface area contributed by atoms with Crippen molar-refractivity contribution in [1.29, 1.82) is 0 Å². The van der Waals surface area contributed by atoms with Gasteiger partial charge in [0, 0.05) is 16.5 Å². The lowest BCUT2D eigenvalue weighted by molar-refractivity contribution is 1.23. The molecule has 0 spiro atoms. The normalized spacial score (nSPS) is 11.7. The molecule has 1 aromatic heterocycles. The van der Waals surface area contributed by atoms with E-state index in [0.717, 1.165) is 39.1 Å². The molecular weight excluding hydrogens is 653 g/mol. The predicted molar refractivity (Wildman–Crippen MR) is 229 cm³/mol. The van der Waals surface area contributed by atoms with Crippen LogP contribution in [-0.2, 0) is 0 Å². The predicted octanol–water partition coefficient (Wildman–Crippen LogP) is 14.1. The van der Waals surface area contributed by atoms with E-state index in [9.17, 15) is 0 Å². The van der Waals surface area contributed by atoms with Gasteiger partial charge in [0.2, 0.25) is 0 Å². The first-order chi connectivity index (χ1) is 26.8. The number of hydrogen-bond acceptors (Lipinski definition) is 2. The second-order valence-corrected chi connectivity index (χ2v) is 14.1. The fourth-order valence-electron chi connectivity index (χ4n) is 8.44. The molecule has 0 radical (unpaired) electrons. The van der Waals surface area contributed by atoms with Crippen LogP contribution >= 0.6 is 0 Å². The van der Waals surface area contributed by atoms with Crippen LogP contribution in [0.15, 0.2) is 194 Å². The van der Waals surface area contributed by atoms with Crippen molar-refractivity contribution in [2.75, 3.05) is 0 Å². The highest BCUT2D eigenvalue weighted by molar-refractivity contribution is 6.33. The molecule has 0 saturated carbocycles. The smallest absolute Gasteiger partial charge is 0.160 e. The maximum absolute atomic E-state index is 5.07. The fourth-order valence-corrected chi connectivity index (χ4v) is 8.44. The molecule has 2 heteroatoms. The number of para-hydroxylation sites is 1. The molecule has 0 fully saturated rings. The Bertz CT molecular complexity index is 3240. The Morgan fingerprint density at radius 2 is 0.759 bits per heavy atom. The largest absolute Gasteiger partial charge is 0.228 e. The number of fused-ring (bicyclic) bond motifs is 6. The summed E-state index contributed by atoms with van der Waals surface area (Å²) in [6, 6.07) is 70.0. The minimum absolute atomic E-state index is 0.728. The van der Waals surface area contributed by atoms with Gasteiger partial charge in [0.15, 0.2) is 5.82 Å². The SMILES string of the molecule is c1ccc(-c2nc(-c3ccc(-c4ccc(-c5cc6ccc7cccc8c9ccccc9c9ccccc9c(c5)c6c78)cc4)cc3)nc3ccccc23)cc1. The molecule has 10 aromatic carbocycles. The quantitative estimate of drug-likeness (QED) is 0.172. The van der Waals surface area contributed by atoms with Gasteiger partial charge in [-0.05, 0) is 94.3 Å². The van der Waals surface area contributed by atoms with Crippen LogP contribution in [0.4, 0.5) is 0 Å². The van der Waals surface area contributed by atoms with Crippen LogP contribution in [0.25, 0.3) is 110 Å². The summed E-state index contributed by atoms with van der Waals surface area (Å²) in [4.78, 5) is 10.0. The Labute approximate surface area is 312 Å². The molecule has 0 N–H and O–H groups in total. The lowest BCUT2D eigenvalue weighted by atomic mass is 9.88. The van der Waals surface area contributed by atoms with E-state index >= 15 is 0 Å². The highest BCUT2D eigenvalue weighted by Crippen LogP contribution is 2.42. The summed E-state index contributed by atoms with van der Waals surface area (Å²) >= 11 is 0.